The van der Waals surface area contributed by atoms with Crippen LogP contribution >= 0.6 is 0 Å². The first-order valence-corrected chi connectivity index (χ1v) is 9.18. The Bertz CT molecular complexity index is 1110. The lowest BCUT2D eigenvalue weighted by molar-refractivity contribution is 0.625. The van der Waals surface area contributed by atoms with Crippen molar-refractivity contribution in [2.45, 2.75) is 13.3 Å². The molecular formula is C24H20FN3. The minimum atomic E-state index is -0.277. The number of hydrogen-bond donors (Lipinski definition) is 0. The molecule has 0 aliphatic heterocycles. The summed E-state index contributed by atoms with van der Waals surface area (Å²) in [5.41, 5.74) is 6.03. The third-order valence-corrected chi connectivity index (χ3v) is 4.62. The van der Waals surface area contributed by atoms with Gasteiger partial charge in [-0.25, -0.2) is 9.07 Å². The summed E-state index contributed by atoms with van der Waals surface area (Å²) in [5.74, 6) is -0.277. The predicted octanol–water partition coefficient (Wildman–Crippen LogP) is 5.93. The average molecular weight is 369 g/mol. The average Bonchev–Trinajstić information content (AvgIpc) is 3.19. The molecule has 0 aliphatic rings. The standard InChI is InChI=1S/C24H20FN3/c1-18-10-11-20(19-6-3-2-4-7-19)16-24(18)26-14-12-22-13-15-27-28(22)23-9-5-8-21(25)17-23/h2-11,13-17H,12H2,1H3. The van der Waals surface area contributed by atoms with Crippen LogP contribution < -0.4 is 0 Å². The molecule has 0 N–H and O–H groups in total. The fourth-order valence-electron chi connectivity index (χ4n) is 3.12. The van der Waals surface area contributed by atoms with Gasteiger partial charge in [0.1, 0.15) is 5.82 Å². The Kier molecular flexibility index (Phi) is 5.11. The van der Waals surface area contributed by atoms with E-state index in [-0.39, 0.29) is 5.82 Å². The Hall–Kier alpha value is -3.53. The molecule has 3 aromatic carbocycles. The normalized spacial score (nSPS) is 11.2. The van der Waals surface area contributed by atoms with E-state index in [1.165, 1.54) is 17.7 Å². The molecular weight excluding hydrogens is 349 g/mol. The highest BCUT2D eigenvalue weighted by atomic mass is 19.1. The summed E-state index contributed by atoms with van der Waals surface area (Å²) < 4.78 is 15.3. The summed E-state index contributed by atoms with van der Waals surface area (Å²) in [6.07, 6.45) is 4.20. The number of nitrogens with zero attached hydrogens (tertiary/aromatic N) is 3. The van der Waals surface area contributed by atoms with E-state index in [9.17, 15) is 4.39 Å². The Labute approximate surface area is 163 Å². The second-order valence-corrected chi connectivity index (χ2v) is 6.60. The van der Waals surface area contributed by atoms with E-state index in [2.05, 4.69) is 47.3 Å². The second-order valence-electron chi connectivity index (χ2n) is 6.60. The molecule has 1 aromatic heterocycles. The summed E-state index contributed by atoms with van der Waals surface area (Å²) in [4.78, 5) is 4.68. The summed E-state index contributed by atoms with van der Waals surface area (Å²) >= 11 is 0. The maximum Gasteiger partial charge on any atom is 0.125 e. The molecule has 0 amide bonds. The van der Waals surface area contributed by atoms with E-state index in [1.807, 2.05) is 36.5 Å². The molecule has 1 heterocycles. The first-order chi connectivity index (χ1) is 13.7. The minimum absolute atomic E-state index is 0.277. The summed E-state index contributed by atoms with van der Waals surface area (Å²) in [6, 6.07) is 24.9. The molecule has 0 saturated carbocycles. The van der Waals surface area contributed by atoms with Crippen LogP contribution in [0, 0.1) is 12.7 Å². The van der Waals surface area contributed by atoms with Gasteiger partial charge in [-0.15, -0.1) is 0 Å². The highest BCUT2D eigenvalue weighted by molar-refractivity contribution is 5.72. The maximum absolute atomic E-state index is 13.5. The van der Waals surface area contributed by atoms with Crippen molar-refractivity contribution in [1.29, 1.82) is 0 Å². The SMILES string of the molecule is Cc1ccc(-c2ccccc2)cc1N=CCc1ccnn1-c1cccc(F)c1. The first kappa shape index (κ1) is 17.9. The van der Waals surface area contributed by atoms with Gasteiger partial charge in [0.05, 0.1) is 11.4 Å². The van der Waals surface area contributed by atoms with E-state index in [0.717, 1.165) is 22.5 Å². The number of halogens is 1. The zero-order valence-electron chi connectivity index (χ0n) is 15.6. The zero-order valence-corrected chi connectivity index (χ0v) is 15.6. The monoisotopic (exact) mass is 369 g/mol. The fraction of sp³-hybridized carbons (Fsp3) is 0.0833. The lowest BCUT2D eigenvalue weighted by Gasteiger charge is -2.07. The number of benzene rings is 3. The maximum atomic E-state index is 13.5. The first-order valence-electron chi connectivity index (χ1n) is 9.18. The van der Waals surface area contributed by atoms with Crippen molar-refractivity contribution >= 4 is 11.9 Å². The van der Waals surface area contributed by atoms with Crippen molar-refractivity contribution in [3.63, 3.8) is 0 Å². The van der Waals surface area contributed by atoms with Gasteiger partial charge in [0.25, 0.3) is 0 Å². The molecule has 0 aliphatic carbocycles. The van der Waals surface area contributed by atoms with Crippen LogP contribution in [0.4, 0.5) is 10.1 Å². The second kappa shape index (κ2) is 8.01. The topological polar surface area (TPSA) is 30.2 Å². The van der Waals surface area contributed by atoms with E-state index < -0.39 is 0 Å². The fourth-order valence-corrected chi connectivity index (χ4v) is 3.12. The third kappa shape index (κ3) is 3.91. The van der Waals surface area contributed by atoms with Crippen molar-refractivity contribution in [2.24, 2.45) is 4.99 Å². The molecule has 0 atom stereocenters. The van der Waals surface area contributed by atoms with Gasteiger partial charge in [-0.2, -0.15) is 5.10 Å². The van der Waals surface area contributed by atoms with Crippen LogP contribution in [0.1, 0.15) is 11.3 Å². The van der Waals surface area contributed by atoms with Gasteiger partial charge in [0.15, 0.2) is 0 Å². The molecule has 138 valence electrons. The Morgan fingerprint density at radius 3 is 2.61 bits per heavy atom. The molecule has 0 radical (unpaired) electrons. The Morgan fingerprint density at radius 2 is 1.79 bits per heavy atom. The third-order valence-electron chi connectivity index (χ3n) is 4.62. The van der Waals surface area contributed by atoms with Gasteiger partial charge in [0, 0.05) is 24.5 Å². The smallest absolute Gasteiger partial charge is 0.125 e. The number of aryl methyl sites for hydroxylation is 1. The molecule has 4 aromatic rings. The molecule has 28 heavy (non-hydrogen) atoms. The van der Waals surface area contributed by atoms with Crippen molar-refractivity contribution in [3.05, 3.63) is 102 Å². The molecule has 0 unspecified atom stereocenters. The highest BCUT2D eigenvalue weighted by Gasteiger charge is 2.05. The number of aliphatic imine (C=N–C) groups is 1. The van der Waals surface area contributed by atoms with Crippen molar-refractivity contribution in [1.82, 2.24) is 9.78 Å². The molecule has 0 bridgehead atoms. The highest BCUT2D eigenvalue weighted by Crippen LogP contribution is 2.27. The predicted molar refractivity (Wildman–Crippen MR) is 112 cm³/mol. The van der Waals surface area contributed by atoms with Crippen LogP contribution in [-0.4, -0.2) is 16.0 Å². The minimum Gasteiger partial charge on any atom is -0.261 e. The van der Waals surface area contributed by atoms with Gasteiger partial charge in [-0.05, 0) is 53.9 Å². The largest absolute Gasteiger partial charge is 0.261 e. The van der Waals surface area contributed by atoms with E-state index in [4.69, 9.17) is 0 Å². The van der Waals surface area contributed by atoms with Crippen molar-refractivity contribution in [3.8, 4) is 16.8 Å². The van der Waals surface area contributed by atoms with Gasteiger partial charge < -0.3 is 0 Å². The Morgan fingerprint density at radius 1 is 0.929 bits per heavy atom. The Balaban J connectivity index is 1.56. The van der Waals surface area contributed by atoms with Crippen LogP contribution in [0.2, 0.25) is 0 Å². The molecule has 0 saturated heterocycles. The lowest BCUT2D eigenvalue weighted by Crippen LogP contribution is -2.03. The molecule has 3 nitrogen and oxygen atoms in total. The van der Waals surface area contributed by atoms with Crippen LogP contribution in [0.5, 0.6) is 0 Å². The van der Waals surface area contributed by atoms with Gasteiger partial charge in [-0.3, -0.25) is 4.99 Å². The summed E-state index contributed by atoms with van der Waals surface area (Å²) in [7, 11) is 0. The number of hydrogen-bond acceptors (Lipinski definition) is 2. The van der Waals surface area contributed by atoms with Gasteiger partial charge in [0.2, 0.25) is 0 Å². The van der Waals surface area contributed by atoms with Crippen molar-refractivity contribution in [2.75, 3.05) is 0 Å². The van der Waals surface area contributed by atoms with E-state index in [0.29, 0.717) is 12.1 Å². The zero-order chi connectivity index (χ0) is 19.3. The molecule has 4 heteroatoms. The number of rotatable bonds is 5. The van der Waals surface area contributed by atoms with Crippen molar-refractivity contribution < 1.29 is 4.39 Å². The molecule has 0 spiro atoms. The van der Waals surface area contributed by atoms with Crippen LogP contribution in [0.25, 0.3) is 16.8 Å². The van der Waals surface area contributed by atoms with Crippen LogP contribution in [0.3, 0.4) is 0 Å². The van der Waals surface area contributed by atoms with Gasteiger partial charge in [-0.1, -0.05) is 48.5 Å². The summed E-state index contributed by atoms with van der Waals surface area (Å²) in [6.45, 7) is 2.05. The van der Waals surface area contributed by atoms with Crippen LogP contribution in [-0.2, 0) is 6.42 Å². The van der Waals surface area contributed by atoms with Gasteiger partial charge >= 0.3 is 0 Å². The van der Waals surface area contributed by atoms with Crippen LogP contribution in [0.15, 0.2) is 90.1 Å². The number of aromatic nitrogens is 2. The lowest BCUT2D eigenvalue weighted by atomic mass is 10.0. The molecule has 0 fully saturated rings. The summed E-state index contributed by atoms with van der Waals surface area (Å²) in [5, 5.41) is 4.31. The van der Waals surface area contributed by atoms with E-state index in [1.54, 1.807) is 16.9 Å². The quantitative estimate of drug-likeness (QED) is 0.401. The van der Waals surface area contributed by atoms with E-state index >= 15 is 0 Å². The molecule has 4 rings (SSSR count).